The van der Waals surface area contributed by atoms with Crippen LogP contribution in [0, 0.1) is 0 Å². The number of hydrogen-bond donors (Lipinski definition) is 11. The Bertz CT molecular complexity index is 1340. The van der Waals surface area contributed by atoms with E-state index < -0.39 is 14.1 Å². The summed E-state index contributed by atoms with van der Waals surface area (Å²) in [7, 11) is 0.467. The molecule has 0 aliphatic rings. The molecule has 0 bridgehead atoms. The molecule has 0 atom stereocenters. The Balaban J connectivity index is -0.000000331. The van der Waals surface area contributed by atoms with E-state index >= 15 is 0 Å². The second kappa shape index (κ2) is 37.2. The summed E-state index contributed by atoms with van der Waals surface area (Å²) in [6, 6.07) is 0. The summed E-state index contributed by atoms with van der Waals surface area (Å²) in [6.45, 7) is 12.5. The zero-order valence-electron chi connectivity index (χ0n) is 30.5. The van der Waals surface area contributed by atoms with Crippen LogP contribution >= 0.6 is 46.9 Å². The van der Waals surface area contributed by atoms with Gasteiger partial charge in [0.15, 0.2) is 15.5 Å². The lowest BCUT2D eigenvalue weighted by molar-refractivity contribution is 0.555. The van der Waals surface area contributed by atoms with Crippen molar-refractivity contribution in [2.45, 2.75) is 65.2 Å². The summed E-state index contributed by atoms with van der Waals surface area (Å²) < 4.78 is 0. The molecule has 0 radical (unpaired) electrons. The minimum atomic E-state index is -0.523. The number of nitrogens with zero attached hydrogens (tertiary/aromatic N) is 9. The molecule has 26 heteroatoms. The van der Waals surface area contributed by atoms with Gasteiger partial charge in [-0.2, -0.15) is 44.9 Å². The zero-order valence-corrected chi connectivity index (χ0v) is 33.7. The van der Waals surface area contributed by atoms with E-state index in [0.717, 1.165) is 13.1 Å². The van der Waals surface area contributed by atoms with Gasteiger partial charge in [-0.15, -0.1) is 0 Å². The fourth-order valence-electron chi connectivity index (χ4n) is 3.12. The zero-order chi connectivity index (χ0) is 38.4. The van der Waals surface area contributed by atoms with Crippen LogP contribution < -0.4 is 48.5 Å². The molecule has 3 heterocycles. The molecule has 0 spiro atoms. The molecule has 3 aromatic rings. The fourth-order valence-corrected chi connectivity index (χ4v) is 4.40. The number of rotatable bonds is 20. The van der Waals surface area contributed by atoms with E-state index in [1.165, 1.54) is 42.3 Å². The smallest absolute Gasteiger partial charge is 0.373 e. The number of aromatic nitrogens is 9. The quantitative estimate of drug-likeness (QED) is 0.0442. The molecule has 0 unspecified atom stereocenters. The second-order valence-corrected chi connectivity index (χ2v) is 11.9. The molecular formula is C28H65B2ClN18O2S3. The molecule has 310 valence electrons. The molecule has 3 aromatic heterocycles. The standard InChI is InChI=1S/C9H19BN6OS.C8H16N6S.C7H13BClN5OS.CH5N.3CH4/c1-4-11-7-14-8(16-9(15-7)18-3)12-5-6-13-10(2)17;1-3-10-6-12-7(11-5-4-9)14-8(13-6)15-2;1-8(15)11-4-3-10-6-12-5(9)13-7(14-6)16-2;1-2;;;/h13,17H,4-6H2,1-3H3,(H2,11,12,14,15,16);3-5,9H2,1-2H3,(H2,10,11,12,13,14);11,15H,3-4H2,1-2H3,(H,10,12,13,14);2H2,1H3;3*1H4. The number of nitrogens with one attached hydrogen (secondary N) is 7. The highest BCUT2D eigenvalue weighted by atomic mass is 35.5. The van der Waals surface area contributed by atoms with Crippen LogP contribution in [-0.2, 0) is 0 Å². The molecule has 3 rings (SSSR count). The number of anilines is 5. The van der Waals surface area contributed by atoms with Crippen molar-refractivity contribution in [1.29, 1.82) is 0 Å². The van der Waals surface area contributed by atoms with Gasteiger partial charge >= 0.3 is 14.1 Å². The third-order valence-electron chi connectivity index (χ3n) is 5.16. The third-order valence-corrected chi connectivity index (χ3v) is 6.97. The van der Waals surface area contributed by atoms with Crippen molar-refractivity contribution in [3.8, 4) is 0 Å². The molecule has 0 fully saturated rings. The van der Waals surface area contributed by atoms with Crippen molar-refractivity contribution in [2.24, 2.45) is 11.5 Å². The maximum Gasteiger partial charge on any atom is 0.373 e. The lowest BCUT2D eigenvalue weighted by atomic mass is 9.89. The Morgan fingerprint density at radius 1 is 0.537 bits per heavy atom. The van der Waals surface area contributed by atoms with Gasteiger partial charge in [-0.25, -0.2) is 0 Å². The van der Waals surface area contributed by atoms with Gasteiger partial charge in [-0.05, 0) is 64.9 Å². The van der Waals surface area contributed by atoms with Crippen molar-refractivity contribution < 1.29 is 10.0 Å². The van der Waals surface area contributed by atoms with Crippen LogP contribution in [0.2, 0.25) is 18.9 Å². The van der Waals surface area contributed by atoms with Gasteiger partial charge in [0.2, 0.25) is 35.0 Å². The SMILES string of the molecule is C.C.C.CCNc1nc(NCCN)nc(SC)n1.CCNc1nc(NCCNB(C)O)nc(SC)n1.CN.CSc1nc(Cl)nc(NCCNB(C)O)n1. The topological polar surface area (TPSA) is 293 Å². The van der Waals surface area contributed by atoms with Gasteiger partial charge in [-0.1, -0.05) is 57.6 Å². The van der Waals surface area contributed by atoms with Crippen LogP contribution in [0.25, 0.3) is 0 Å². The van der Waals surface area contributed by atoms with Crippen LogP contribution in [0.15, 0.2) is 15.5 Å². The van der Waals surface area contributed by atoms with E-state index in [-0.39, 0.29) is 27.6 Å². The molecule has 0 saturated heterocycles. The van der Waals surface area contributed by atoms with Crippen LogP contribution in [0.3, 0.4) is 0 Å². The Hall–Kier alpha value is -2.74. The van der Waals surface area contributed by atoms with Gasteiger partial charge in [0.25, 0.3) is 0 Å². The highest BCUT2D eigenvalue weighted by Crippen LogP contribution is 2.15. The summed E-state index contributed by atoms with van der Waals surface area (Å²) in [5.74, 6) is 2.71. The minimum Gasteiger partial charge on any atom is -0.437 e. The van der Waals surface area contributed by atoms with Crippen LogP contribution in [0.5, 0.6) is 0 Å². The summed E-state index contributed by atoms with van der Waals surface area (Å²) >= 11 is 10.1. The van der Waals surface area contributed by atoms with E-state index in [1.807, 2.05) is 32.6 Å². The number of thioether (sulfide) groups is 3. The van der Waals surface area contributed by atoms with Gasteiger partial charge in [-0.3, -0.25) is 0 Å². The Labute approximate surface area is 341 Å². The molecule has 0 aromatic carbocycles. The van der Waals surface area contributed by atoms with Crippen molar-refractivity contribution >= 4 is 90.7 Å². The van der Waals surface area contributed by atoms with Crippen LogP contribution in [0.4, 0.5) is 29.7 Å². The van der Waals surface area contributed by atoms with Crippen LogP contribution in [-0.4, -0.2) is 147 Å². The van der Waals surface area contributed by atoms with Gasteiger partial charge in [0.05, 0.1) is 0 Å². The lowest BCUT2D eigenvalue weighted by Gasteiger charge is -2.09. The van der Waals surface area contributed by atoms with Crippen molar-refractivity contribution in [2.75, 3.05) is 105 Å². The molecule has 13 N–H and O–H groups in total. The first-order chi connectivity index (χ1) is 24.6. The molecule has 0 amide bonds. The first kappa shape index (κ1) is 58.0. The van der Waals surface area contributed by atoms with Gasteiger partial charge in [0, 0.05) is 52.4 Å². The highest BCUT2D eigenvalue weighted by molar-refractivity contribution is 7.98. The number of nitrogens with two attached hydrogens (primary N) is 2. The molecule has 0 aliphatic heterocycles. The third kappa shape index (κ3) is 28.7. The van der Waals surface area contributed by atoms with E-state index in [4.69, 9.17) is 27.4 Å². The average molecular weight is 839 g/mol. The van der Waals surface area contributed by atoms with Crippen molar-refractivity contribution in [1.82, 2.24) is 55.3 Å². The highest BCUT2D eigenvalue weighted by Gasteiger charge is 2.07. The first-order valence-electron chi connectivity index (χ1n) is 15.9. The molecule has 0 saturated carbocycles. The first-order valence-corrected chi connectivity index (χ1v) is 20.0. The average Bonchev–Trinajstić information content (AvgIpc) is 3.12. The second-order valence-electron chi connectivity index (χ2n) is 9.24. The van der Waals surface area contributed by atoms with Crippen molar-refractivity contribution in [3.05, 3.63) is 5.28 Å². The fraction of sp³-hybridized carbons (Fsp3) is 0.679. The molecule has 0 aliphatic carbocycles. The van der Waals surface area contributed by atoms with Crippen molar-refractivity contribution in [3.63, 3.8) is 0 Å². The van der Waals surface area contributed by atoms with Gasteiger partial charge in [0.1, 0.15) is 0 Å². The van der Waals surface area contributed by atoms with Gasteiger partial charge < -0.3 is 58.6 Å². The number of halogens is 1. The Morgan fingerprint density at radius 3 is 1.17 bits per heavy atom. The van der Waals surface area contributed by atoms with Crippen LogP contribution in [0.1, 0.15) is 36.1 Å². The Morgan fingerprint density at radius 2 is 0.852 bits per heavy atom. The largest absolute Gasteiger partial charge is 0.437 e. The summed E-state index contributed by atoms with van der Waals surface area (Å²) in [4.78, 5) is 37.3. The Kier molecular flexibility index (Phi) is 39.9. The number of hydrogen-bond acceptors (Lipinski definition) is 23. The maximum atomic E-state index is 9.05. The van der Waals surface area contributed by atoms with E-state index in [9.17, 15) is 0 Å². The van der Waals surface area contributed by atoms with E-state index in [0.29, 0.717) is 84.5 Å². The monoisotopic (exact) mass is 838 g/mol. The normalized spacial score (nSPS) is 9.35. The van der Waals surface area contributed by atoms with E-state index in [1.54, 1.807) is 13.6 Å². The predicted molar refractivity (Wildman–Crippen MR) is 237 cm³/mol. The maximum absolute atomic E-state index is 9.05. The van der Waals surface area contributed by atoms with E-state index in [2.05, 4.69) is 87.6 Å². The summed E-state index contributed by atoms with van der Waals surface area (Å²) in [5.41, 5.74) is 9.89. The molecular weight excluding hydrogens is 774 g/mol. The summed E-state index contributed by atoms with van der Waals surface area (Å²) in [5, 5.41) is 41.1. The minimum absolute atomic E-state index is 0. The summed E-state index contributed by atoms with van der Waals surface area (Å²) in [6.07, 6.45) is 5.71. The predicted octanol–water partition coefficient (Wildman–Crippen LogP) is 2.37. The lowest BCUT2D eigenvalue weighted by Crippen LogP contribution is -2.34. The molecule has 20 nitrogen and oxygen atoms in total. The molecule has 54 heavy (non-hydrogen) atoms.